The summed E-state index contributed by atoms with van der Waals surface area (Å²) < 4.78 is 13.2. The second-order valence-electron chi connectivity index (χ2n) is 4.24. The first-order valence-corrected chi connectivity index (χ1v) is 6.86. The first-order valence-electron chi connectivity index (χ1n) is 5.98. The summed E-state index contributed by atoms with van der Waals surface area (Å²) in [5.41, 5.74) is 2.21. The summed E-state index contributed by atoms with van der Waals surface area (Å²) in [5, 5.41) is 15.1. The number of hydrogen-bond donors (Lipinski definition) is 1. The van der Waals surface area contributed by atoms with E-state index in [0.29, 0.717) is 12.1 Å². The first-order chi connectivity index (χ1) is 9.17. The molecule has 0 atom stereocenters. The van der Waals surface area contributed by atoms with E-state index in [1.807, 2.05) is 18.4 Å². The summed E-state index contributed by atoms with van der Waals surface area (Å²) in [5.74, 6) is -0.369. The van der Waals surface area contributed by atoms with Crippen molar-refractivity contribution in [3.8, 4) is 6.07 Å². The van der Waals surface area contributed by atoms with Gasteiger partial charge in [-0.1, -0.05) is 0 Å². The zero-order chi connectivity index (χ0) is 13.7. The van der Waals surface area contributed by atoms with E-state index in [0.717, 1.165) is 29.2 Å². The van der Waals surface area contributed by atoms with Crippen molar-refractivity contribution in [2.75, 3.05) is 6.54 Å². The van der Waals surface area contributed by atoms with Crippen molar-refractivity contribution in [3.63, 3.8) is 0 Å². The van der Waals surface area contributed by atoms with Crippen molar-refractivity contribution in [1.29, 1.82) is 5.26 Å². The third kappa shape index (κ3) is 4.12. The molecule has 0 saturated carbocycles. The average molecular weight is 275 g/mol. The Hall–Kier alpha value is -1.77. The van der Waals surface area contributed by atoms with Crippen LogP contribution >= 0.6 is 11.3 Å². The zero-order valence-corrected chi connectivity index (χ0v) is 11.4. The summed E-state index contributed by atoms with van der Waals surface area (Å²) in [7, 11) is 0. The number of hydrogen-bond acceptors (Lipinski definition) is 4. The van der Waals surface area contributed by atoms with Gasteiger partial charge >= 0.3 is 0 Å². The van der Waals surface area contributed by atoms with Crippen LogP contribution in [0, 0.1) is 24.1 Å². The number of rotatable bonds is 5. The minimum Gasteiger partial charge on any atom is -0.312 e. The van der Waals surface area contributed by atoms with Gasteiger partial charge in [0.2, 0.25) is 0 Å². The van der Waals surface area contributed by atoms with Crippen LogP contribution in [0.3, 0.4) is 0 Å². The van der Waals surface area contributed by atoms with E-state index in [1.54, 1.807) is 17.4 Å². The van der Waals surface area contributed by atoms with Crippen LogP contribution in [0.1, 0.15) is 21.8 Å². The third-order valence-corrected chi connectivity index (χ3v) is 3.46. The molecule has 1 heterocycles. The lowest BCUT2D eigenvalue weighted by Gasteiger charge is -2.04. The number of nitrogens with one attached hydrogen (secondary N) is 1. The molecule has 0 aliphatic carbocycles. The summed E-state index contributed by atoms with van der Waals surface area (Å²) >= 11 is 1.64. The van der Waals surface area contributed by atoms with Gasteiger partial charge in [-0.2, -0.15) is 5.26 Å². The largest absolute Gasteiger partial charge is 0.312 e. The standard InChI is InChI=1S/C14H14FN3S/c1-10-18-14(9-19-10)2-3-17-8-12-4-11(7-16)5-13(15)6-12/h4-6,9,17H,2-3,8H2,1H3. The second-order valence-corrected chi connectivity index (χ2v) is 5.31. The molecule has 1 aromatic heterocycles. The lowest BCUT2D eigenvalue weighted by molar-refractivity contribution is 0.619. The molecule has 3 nitrogen and oxygen atoms in total. The molecule has 0 unspecified atom stereocenters. The van der Waals surface area contributed by atoms with Gasteiger partial charge in [0.05, 0.1) is 22.3 Å². The number of aromatic nitrogens is 1. The molecule has 1 aromatic carbocycles. The molecule has 2 aromatic rings. The third-order valence-electron chi connectivity index (χ3n) is 2.64. The molecule has 98 valence electrons. The van der Waals surface area contributed by atoms with Crippen LogP contribution in [-0.2, 0) is 13.0 Å². The predicted molar refractivity (Wildman–Crippen MR) is 73.4 cm³/mol. The molecular formula is C14H14FN3S. The van der Waals surface area contributed by atoms with E-state index >= 15 is 0 Å². The van der Waals surface area contributed by atoms with Crippen molar-refractivity contribution in [3.05, 3.63) is 51.2 Å². The van der Waals surface area contributed by atoms with Gasteiger partial charge in [0.1, 0.15) is 5.82 Å². The van der Waals surface area contributed by atoms with Gasteiger partial charge in [0, 0.05) is 24.9 Å². The molecule has 0 bridgehead atoms. The van der Waals surface area contributed by atoms with Gasteiger partial charge in [-0.05, 0) is 30.7 Å². The molecule has 0 saturated heterocycles. The Morgan fingerprint density at radius 3 is 2.95 bits per heavy atom. The van der Waals surface area contributed by atoms with Crippen LogP contribution in [0.25, 0.3) is 0 Å². The molecule has 0 fully saturated rings. The lowest BCUT2D eigenvalue weighted by Crippen LogP contribution is -2.17. The highest BCUT2D eigenvalue weighted by atomic mass is 32.1. The maximum absolute atomic E-state index is 13.2. The van der Waals surface area contributed by atoms with Gasteiger partial charge in [0.25, 0.3) is 0 Å². The molecule has 0 aliphatic rings. The van der Waals surface area contributed by atoms with Gasteiger partial charge in [0.15, 0.2) is 0 Å². The Morgan fingerprint density at radius 1 is 1.42 bits per heavy atom. The van der Waals surface area contributed by atoms with Crippen LogP contribution in [0.4, 0.5) is 4.39 Å². The van der Waals surface area contributed by atoms with Crippen LogP contribution in [0.2, 0.25) is 0 Å². The van der Waals surface area contributed by atoms with E-state index in [-0.39, 0.29) is 5.82 Å². The minimum absolute atomic E-state index is 0.354. The van der Waals surface area contributed by atoms with Gasteiger partial charge in [-0.3, -0.25) is 0 Å². The molecule has 0 amide bonds. The molecule has 0 radical (unpaired) electrons. The zero-order valence-electron chi connectivity index (χ0n) is 10.6. The maximum Gasteiger partial charge on any atom is 0.124 e. The highest BCUT2D eigenvalue weighted by Gasteiger charge is 2.01. The van der Waals surface area contributed by atoms with E-state index in [1.165, 1.54) is 12.1 Å². The van der Waals surface area contributed by atoms with Crippen LogP contribution < -0.4 is 5.32 Å². The molecular weight excluding hydrogens is 261 g/mol. The monoisotopic (exact) mass is 275 g/mol. The Bertz CT molecular complexity index is 601. The fraction of sp³-hybridized carbons (Fsp3) is 0.286. The Morgan fingerprint density at radius 2 is 2.26 bits per heavy atom. The molecule has 0 spiro atoms. The van der Waals surface area contributed by atoms with Gasteiger partial charge < -0.3 is 5.32 Å². The normalized spacial score (nSPS) is 10.4. The lowest BCUT2D eigenvalue weighted by atomic mass is 10.1. The Balaban J connectivity index is 1.83. The average Bonchev–Trinajstić information content (AvgIpc) is 2.80. The smallest absolute Gasteiger partial charge is 0.124 e. The Kier molecular flexibility index (Phi) is 4.61. The number of aryl methyl sites for hydroxylation is 1. The van der Waals surface area contributed by atoms with Crippen LogP contribution in [0.15, 0.2) is 23.6 Å². The van der Waals surface area contributed by atoms with Gasteiger partial charge in [-0.15, -0.1) is 11.3 Å². The molecule has 0 aliphatic heterocycles. The van der Waals surface area contributed by atoms with Crippen molar-refractivity contribution in [2.45, 2.75) is 19.9 Å². The number of nitrogens with zero attached hydrogens (tertiary/aromatic N) is 2. The summed E-state index contributed by atoms with van der Waals surface area (Å²) in [6, 6.07) is 6.33. The highest BCUT2D eigenvalue weighted by Crippen LogP contribution is 2.09. The quantitative estimate of drug-likeness (QED) is 0.854. The first kappa shape index (κ1) is 13.7. The number of nitriles is 1. The summed E-state index contributed by atoms with van der Waals surface area (Å²) in [6.07, 6.45) is 0.852. The van der Waals surface area contributed by atoms with Crippen molar-refractivity contribution in [1.82, 2.24) is 10.3 Å². The predicted octanol–water partition coefficient (Wildman–Crippen LogP) is 2.79. The SMILES string of the molecule is Cc1nc(CCNCc2cc(F)cc(C#N)c2)cs1. The number of halogens is 1. The molecule has 5 heteroatoms. The molecule has 2 rings (SSSR count). The van der Waals surface area contributed by atoms with Crippen LogP contribution in [0.5, 0.6) is 0 Å². The van der Waals surface area contributed by atoms with Crippen molar-refractivity contribution >= 4 is 11.3 Å². The van der Waals surface area contributed by atoms with Crippen molar-refractivity contribution in [2.24, 2.45) is 0 Å². The second kappa shape index (κ2) is 6.41. The topological polar surface area (TPSA) is 48.7 Å². The van der Waals surface area contributed by atoms with Crippen LogP contribution in [-0.4, -0.2) is 11.5 Å². The number of thiazole rings is 1. The fourth-order valence-corrected chi connectivity index (χ4v) is 2.44. The summed E-state index contributed by atoms with van der Waals surface area (Å²) in [4.78, 5) is 4.37. The maximum atomic E-state index is 13.2. The van der Waals surface area contributed by atoms with E-state index in [4.69, 9.17) is 5.26 Å². The summed E-state index contributed by atoms with van der Waals surface area (Å²) in [6.45, 7) is 3.31. The molecule has 19 heavy (non-hydrogen) atoms. The number of benzene rings is 1. The minimum atomic E-state index is -0.369. The van der Waals surface area contributed by atoms with E-state index in [9.17, 15) is 4.39 Å². The van der Waals surface area contributed by atoms with E-state index in [2.05, 4.69) is 10.3 Å². The van der Waals surface area contributed by atoms with Crippen molar-refractivity contribution < 1.29 is 4.39 Å². The highest BCUT2D eigenvalue weighted by molar-refractivity contribution is 7.09. The Labute approximate surface area is 115 Å². The van der Waals surface area contributed by atoms with E-state index < -0.39 is 0 Å². The molecule has 1 N–H and O–H groups in total. The van der Waals surface area contributed by atoms with Gasteiger partial charge in [-0.25, -0.2) is 9.37 Å². The fourth-order valence-electron chi connectivity index (χ4n) is 1.79.